The second-order valence-corrected chi connectivity index (χ2v) is 5.69. The topological polar surface area (TPSA) is 105 Å². The Labute approximate surface area is 133 Å². The van der Waals surface area contributed by atoms with Gasteiger partial charge in [0.2, 0.25) is 0 Å². The molecule has 126 valence electrons. The zero-order valence-electron chi connectivity index (χ0n) is 13.7. The number of hydrogen-bond donors (Lipinski definition) is 0. The highest BCUT2D eigenvalue weighted by Gasteiger charge is 2.27. The fraction of sp³-hybridized carbons (Fsp3) is 0.467. The van der Waals surface area contributed by atoms with Crippen LogP contribution < -0.4 is 4.74 Å². The second kappa shape index (κ2) is 7.08. The first-order valence-corrected chi connectivity index (χ1v) is 6.74. The first-order valence-electron chi connectivity index (χ1n) is 6.74. The predicted octanol–water partition coefficient (Wildman–Crippen LogP) is 2.27. The van der Waals surface area contributed by atoms with Gasteiger partial charge in [-0.2, -0.15) is 0 Å². The fourth-order valence-electron chi connectivity index (χ4n) is 1.91. The number of rotatable bonds is 5. The van der Waals surface area contributed by atoms with Gasteiger partial charge < -0.3 is 14.2 Å². The molecule has 1 rings (SSSR count). The average Bonchev–Trinajstić information content (AvgIpc) is 2.44. The molecule has 0 amide bonds. The van der Waals surface area contributed by atoms with E-state index in [1.165, 1.54) is 13.2 Å². The van der Waals surface area contributed by atoms with E-state index in [1.54, 1.807) is 20.8 Å². The van der Waals surface area contributed by atoms with Crippen LogP contribution >= 0.6 is 0 Å². The maximum absolute atomic E-state index is 12.0. The van der Waals surface area contributed by atoms with Crippen LogP contribution in [0.3, 0.4) is 0 Å². The predicted molar refractivity (Wildman–Crippen MR) is 80.5 cm³/mol. The maximum atomic E-state index is 12.0. The minimum atomic E-state index is -0.741. The van der Waals surface area contributed by atoms with Gasteiger partial charge in [-0.15, -0.1) is 0 Å². The van der Waals surface area contributed by atoms with Crippen molar-refractivity contribution in [3.8, 4) is 5.75 Å². The second-order valence-electron chi connectivity index (χ2n) is 5.69. The molecule has 0 aliphatic heterocycles. The average molecular weight is 325 g/mol. The van der Waals surface area contributed by atoms with Crippen LogP contribution in [-0.2, 0) is 20.7 Å². The molecule has 0 saturated heterocycles. The number of hydrogen-bond acceptors (Lipinski definition) is 7. The highest BCUT2D eigenvalue weighted by molar-refractivity contribution is 5.91. The third kappa shape index (κ3) is 4.94. The fourth-order valence-corrected chi connectivity index (χ4v) is 1.91. The molecule has 0 aliphatic carbocycles. The van der Waals surface area contributed by atoms with Crippen LogP contribution in [0.1, 0.15) is 36.7 Å². The van der Waals surface area contributed by atoms with E-state index in [-0.39, 0.29) is 23.3 Å². The van der Waals surface area contributed by atoms with E-state index in [9.17, 15) is 19.7 Å². The number of carbonyl (C=O) groups excluding carboxylic acids is 2. The van der Waals surface area contributed by atoms with Crippen molar-refractivity contribution in [1.29, 1.82) is 0 Å². The van der Waals surface area contributed by atoms with Gasteiger partial charge in [-0.1, -0.05) is 0 Å². The summed E-state index contributed by atoms with van der Waals surface area (Å²) in [6, 6.07) is 2.34. The molecule has 0 heterocycles. The number of carbonyl (C=O) groups is 2. The van der Waals surface area contributed by atoms with Crippen LogP contribution in [0.2, 0.25) is 0 Å². The summed E-state index contributed by atoms with van der Waals surface area (Å²) in [6.45, 7) is 5.07. The number of nitro benzene ring substituents is 1. The molecule has 0 bridgehead atoms. The minimum absolute atomic E-state index is 0.0380. The molecule has 0 N–H and O–H groups in total. The molecule has 1 aromatic rings. The Morgan fingerprint density at radius 1 is 1.22 bits per heavy atom. The molecule has 8 nitrogen and oxygen atoms in total. The Balaban J connectivity index is 3.31. The minimum Gasteiger partial charge on any atom is -0.496 e. The van der Waals surface area contributed by atoms with Gasteiger partial charge in [0.1, 0.15) is 11.4 Å². The standard InChI is InChI=1S/C15H19NO7/c1-15(2,3)23-13(17)8-10-11(16(19)20)6-9(14(18)22-5)7-12(10)21-4/h6-7H,8H2,1-5H3. The Hall–Kier alpha value is -2.64. The zero-order valence-corrected chi connectivity index (χ0v) is 13.7. The van der Waals surface area contributed by atoms with Crippen molar-refractivity contribution in [1.82, 2.24) is 0 Å². The van der Waals surface area contributed by atoms with E-state index in [0.717, 1.165) is 13.2 Å². The quantitative estimate of drug-likeness (QED) is 0.464. The van der Waals surface area contributed by atoms with Gasteiger partial charge in [0, 0.05) is 6.07 Å². The molecule has 0 unspecified atom stereocenters. The molecule has 0 saturated carbocycles. The lowest BCUT2D eigenvalue weighted by atomic mass is 10.0. The molecule has 1 aromatic carbocycles. The molecule has 0 aromatic heterocycles. The van der Waals surface area contributed by atoms with Gasteiger partial charge >= 0.3 is 11.9 Å². The van der Waals surface area contributed by atoms with Crippen molar-refractivity contribution in [3.05, 3.63) is 33.4 Å². The van der Waals surface area contributed by atoms with Crippen molar-refractivity contribution in [3.63, 3.8) is 0 Å². The van der Waals surface area contributed by atoms with E-state index in [4.69, 9.17) is 9.47 Å². The first-order chi connectivity index (χ1) is 10.6. The summed E-state index contributed by atoms with van der Waals surface area (Å²) < 4.78 is 14.8. The van der Waals surface area contributed by atoms with Crippen molar-refractivity contribution in [2.75, 3.05) is 14.2 Å². The summed E-state index contributed by atoms with van der Waals surface area (Å²) in [5.41, 5.74) is -1.12. The van der Waals surface area contributed by atoms with E-state index >= 15 is 0 Å². The molecule has 0 fully saturated rings. The normalized spacial score (nSPS) is 10.8. The van der Waals surface area contributed by atoms with Gasteiger partial charge in [0.05, 0.1) is 36.7 Å². The van der Waals surface area contributed by atoms with E-state index in [2.05, 4.69) is 4.74 Å². The lowest BCUT2D eigenvalue weighted by molar-refractivity contribution is -0.385. The summed E-state index contributed by atoms with van der Waals surface area (Å²) in [5.74, 6) is -1.33. The molecular formula is C15H19NO7. The van der Waals surface area contributed by atoms with Crippen LogP contribution in [0.5, 0.6) is 5.75 Å². The van der Waals surface area contributed by atoms with Gasteiger partial charge in [-0.3, -0.25) is 14.9 Å². The summed E-state index contributed by atoms with van der Waals surface area (Å²) in [5, 5.41) is 11.3. The molecule has 0 spiro atoms. The summed E-state index contributed by atoms with van der Waals surface area (Å²) in [6.07, 6.45) is -0.349. The monoisotopic (exact) mass is 325 g/mol. The van der Waals surface area contributed by atoms with E-state index in [0.29, 0.717) is 0 Å². The summed E-state index contributed by atoms with van der Waals surface area (Å²) >= 11 is 0. The van der Waals surface area contributed by atoms with E-state index in [1.807, 2.05) is 0 Å². The van der Waals surface area contributed by atoms with Gasteiger partial charge in [-0.05, 0) is 26.8 Å². The van der Waals surface area contributed by atoms with Crippen LogP contribution in [0.25, 0.3) is 0 Å². The van der Waals surface area contributed by atoms with E-state index < -0.39 is 28.2 Å². The van der Waals surface area contributed by atoms with Crippen LogP contribution in [-0.4, -0.2) is 36.7 Å². The number of ether oxygens (including phenoxy) is 3. The van der Waals surface area contributed by atoms with Crippen molar-refractivity contribution < 1.29 is 28.7 Å². The number of nitrogens with zero attached hydrogens (tertiary/aromatic N) is 1. The van der Waals surface area contributed by atoms with Gasteiger partial charge in [0.15, 0.2) is 0 Å². The molecular weight excluding hydrogens is 306 g/mol. The Morgan fingerprint density at radius 3 is 2.26 bits per heavy atom. The third-order valence-corrected chi connectivity index (χ3v) is 2.76. The molecule has 0 radical (unpaired) electrons. The SMILES string of the molecule is COC(=O)c1cc(OC)c(CC(=O)OC(C)(C)C)c([N+](=O)[O-])c1. The van der Waals surface area contributed by atoms with Crippen molar-refractivity contribution >= 4 is 17.6 Å². The van der Waals surface area contributed by atoms with Crippen LogP contribution in [0.4, 0.5) is 5.69 Å². The van der Waals surface area contributed by atoms with Crippen molar-refractivity contribution in [2.45, 2.75) is 32.8 Å². The first kappa shape index (κ1) is 18.4. The Bertz CT molecular complexity index is 631. The largest absolute Gasteiger partial charge is 0.496 e. The highest BCUT2D eigenvalue weighted by Crippen LogP contribution is 2.32. The number of benzene rings is 1. The van der Waals surface area contributed by atoms with Gasteiger partial charge in [0.25, 0.3) is 5.69 Å². The Morgan fingerprint density at radius 2 is 1.83 bits per heavy atom. The third-order valence-electron chi connectivity index (χ3n) is 2.76. The molecule has 0 aliphatic rings. The van der Waals surface area contributed by atoms with Crippen LogP contribution in [0, 0.1) is 10.1 Å². The highest BCUT2D eigenvalue weighted by atomic mass is 16.6. The lowest BCUT2D eigenvalue weighted by Gasteiger charge is -2.20. The summed E-state index contributed by atoms with van der Waals surface area (Å²) in [7, 11) is 2.45. The van der Waals surface area contributed by atoms with Crippen LogP contribution in [0.15, 0.2) is 12.1 Å². The summed E-state index contributed by atoms with van der Waals surface area (Å²) in [4.78, 5) is 34.1. The molecule has 23 heavy (non-hydrogen) atoms. The maximum Gasteiger partial charge on any atom is 0.338 e. The van der Waals surface area contributed by atoms with Crippen molar-refractivity contribution in [2.24, 2.45) is 0 Å². The Kier molecular flexibility index (Phi) is 5.67. The lowest BCUT2D eigenvalue weighted by Crippen LogP contribution is -2.25. The number of methoxy groups -OCH3 is 2. The van der Waals surface area contributed by atoms with Gasteiger partial charge in [-0.25, -0.2) is 4.79 Å². The zero-order chi connectivity index (χ0) is 17.8. The molecule has 8 heteroatoms. The molecule has 0 atom stereocenters. The number of esters is 2. The number of nitro groups is 1. The smallest absolute Gasteiger partial charge is 0.338 e.